The number of thiocarbonyl (C=S) groups is 1. The Morgan fingerprint density at radius 1 is 1.72 bits per heavy atom. The van der Waals surface area contributed by atoms with Crippen molar-refractivity contribution in [2.75, 3.05) is 31.1 Å². The largest absolute Gasteiger partial charge is 0.441 e. The topological polar surface area (TPSA) is 44.8 Å². The molecule has 2 fully saturated rings. The number of ether oxygens (including phenoxy) is 1. The van der Waals surface area contributed by atoms with E-state index in [-0.39, 0.29) is 6.10 Å². The van der Waals surface area contributed by atoms with Crippen LogP contribution in [0.1, 0.15) is 6.92 Å². The minimum absolute atomic E-state index is 0.280. The van der Waals surface area contributed by atoms with Gasteiger partial charge in [-0.15, -0.1) is 0 Å². The molecule has 102 valence electrons. The maximum atomic E-state index is 13.7. The van der Waals surface area contributed by atoms with Gasteiger partial charge in [0.15, 0.2) is 6.30 Å². The van der Waals surface area contributed by atoms with Gasteiger partial charge in [-0.1, -0.05) is 12.2 Å². The molecular weight excluding hydrogens is 277 g/mol. The molecule has 0 saturated carbocycles. The summed E-state index contributed by atoms with van der Waals surface area (Å²) in [7, 11) is 0. The van der Waals surface area contributed by atoms with Crippen molar-refractivity contribution in [2.45, 2.75) is 19.3 Å². The molecule has 1 amide bonds. The van der Waals surface area contributed by atoms with E-state index in [2.05, 4.69) is 5.32 Å². The number of nitrogens with zero attached hydrogens (tertiary/aromatic N) is 2. The summed E-state index contributed by atoms with van der Waals surface area (Å²) in [5.41, 5.74) is 0. The highest BCUT2D eigenvalue weighted by molar-refractivity contribution is 7.99. The number of hydrazine groups is 1. The van der Waals surface area contributed by atoms with Crippen LogP contribution < -0.4 is 5.32 Å². The molecule has 2 heterocycles. The van der Waals surface area contributed by atoms with Crippen LogP contribution in [-0.2, 0) is 4.74 Å². The van der Waals surface area contributed by atoms with Crippen molar-refractivity contribution < 1.29 is 13.9 Å². The van der Waals surface area contributed by atoms with Gasteiger partial charge in [0.1, 0.15) is 6.10 Å². The number of hydrogen-bond acceptors (Lipinski definition) is 5. The molecule has 8 heteroatoms. The van der Waals surface area contributed by atoms with Gasteiger partial charge in [-0.3, -0.25) is 0 Å². The zero-order chi connectivity index (χ0) is 13.1. The number of carbonyl (C=O) groups is 1. The summed E-state index contributed by atoms with van der Waals surface area (Å²) in [5, 5.41) is 5.79. The Bertz CT molecular complexity index is 345. The fourth-order valence-corrected chi connectivity index (χ4v) is 2.85. The molecule has 2 rings (SSSR count). The van der Waals surface area contributed by atoms with E-state index >= 15 is 0 Å². The molecule has 2 saturated heterocycles. The number of alkyl halides is 1. The van der Waals surface area contributed by atoms with E-state index < -0.39 is 12.4 Å². The molecule has 2 aliphatic rings. The van der Waals surface area contributed by atoms with E-state index in [0.29, 0.717) is 30.4 Å². The predicted octanol–water partition coefficient (Wildman–Crippen LogP) is 1.00. The quantitative estimate of drug-likeness (QED) is 0.619. The van der Waals surface area contributed by atoms with Crippen molar-refractivity contribution >= 4 is 35.1 Å². The lowest BCUT2D eigenvalue weighted by Gasteiger charge is -2.35. The number of amides is 1. The van der Waals surface area contributed by atoms with E-state index in [1.165, 1.54) is 10.0 Å². The Morgan fingerprint density at radius 2 is 2.50 bits per heavy atom. The van der Waals surface area contributed by atoms with E-state index in [1.54, 1.807) is 18.7 Å². The number of thioether (sulfide) groups is 1. The SMILES string of the molecule is CC(=S)NCC1CN(N2CCSCC2F)C(=O)O1. The first-order valence-corrected chi connectivity index (χ1v) is 7.35. The average Bonchev–Trinajstić information content (AvgIpc) is 2.69. The second kappa shape index (κ2) is 6.03. The molecular formula is C10H16FN3O2S2. The van der Waals surface area contributed by atoms with Gasteiger partial charge in [-0.05, 0) is 6.92 Å². The molecule has 2 atom stereocenters. The van der Waals surface area contributed by atoms with E-state index in [4.69, 9.17) is 17.0 Å². The number of rotatable bonds is 3. The first-order chi connectivity index (χ1) is 8.58. The molecule has 5 nitrogen and oxygen atoms in total. The van der Waals surface area contributed by atoms with Crippen LogP contribution in [0.15, 0.2) is 0 Å². The smallest absolute Gasteiger partial charge is 0.425 e. The molecule has 0 radical (unpaired) electrons. The van der Waals surface area contributed by atoms with Gasteiger partial charge in [0, 0.05) is 18.1 Å². The van der Waals surface area contributed by atoms with Gasteiger partial charge in [-0.2, -0.15) is 16.8 Å². The Kier molecular flexibility index (Phi) is 4.63. The van der Waals surface area contributed by atoms with E-state index in [9.17, 15) is 9.18 Å². The maximum absolute atomic E-state index is 13.7. The zero-order valence-electron chi connectivity index (χ0n) is 10.1. The summed E-state index contributed by atoms with van der Waals surface area (Å²) in [4.78, 5) is 12.4. The van der Waals surface area contributed by atoms with Crippen molar-refractivity contribution in [1.29, 1.82) is 0 Å². The van der Waals surface area contributed by atoms with Gasteiger partial charge >= 0.3 is 6.09 Å². The van der Waals surface area contributed by atoms with Crippen molar-refractivity contribution in [1.82, 2.24) is 15.3 Å². The summed E-state index contributed by atoms with van der Waals surface area (Å²) in [6.45, 7) is 3.15. The first kappa shape index (κ1) is 13.8. The lowest BCUT2D eigenvalue weighted by molar-refractivity contribution is -0.0542. The Hall–Kier alpha value is -0.600. The van der Waals surface area contributed by atoms with E-state index in [0.717, 1.165) is 5.75 Å². The monoisotopic (exact) mass is 293 g/mol. The van der Waals surface area contributed by atoms with Crippen LogP contribution in [-0.4, -0.2) is 64.6 Å². The van der Waals surface area contributed by atoms with Crippen molar-refractivity contribution in [3.8, 4) is 0 Å². The van der Waals surface area contributed by atoms with Crippen molar-refractivity contribution in [2.24, 2.45) is 0 Å². The lowest BCUT2D eigenvalue weighted by Crippen LogP contribution is -2.52. The number of carbonyl (C=O) groups excluding carboxylic acids is 1. The van der Waals surface area contributed by atoms with Crippen LogP contribution in [0.25, 0.3) is 0 Å². The highest BCUT2D eigenvalue weighted by Gasteiger charge is 2.39. The Labute approximate surface area is 115 Å². The summed E-state index contributed by atoms with van der Waals surface area (Å²) < 4.78 is 18.9. The molecule has 2 aliphatic heterocycles. The number of cyclic esters (lactones) is 1. The number of nitrogens with one attached hydrogen (secondary N) is 1. The zero-order valence-corrected chi connectivity index (χ0v) is 11.7. The minimum Gasteiger partial charge on any atom is -0.441 e. The predicted molar refractivity (Wildman–Crippen MR) is 72.2 cm³/mol. The second-order valence-electron chi connectivity index (χ2n) is 4.20. The summed E-state index contributed by atoms with van der Waals surface area (Å²) in [5.74, 6) is 1.22. The Morgan fingerprint density at radius 3 is 3.17 bits per heavy atom. The van der Waals surface area contributed by atoms with Crippen LogP contribution in [0.2, 0.25) is 0 Å². The third-order valence-electron chi connectivity index (χ3n) is 2.79. The van der Waals surface area contributed by atoms with Crippen LogP contribution in [0, 0.1) is 0 Å². The van der Waals surface area contributed by atoms with Crippen LogP contribution >= 0.6 is 24.0 Å². The molecule has 0 aliphatic carbocycles. The maximum Gasteiger partial charge on any atom is 0.425 e. The third kappa shape index (κ3) is 3.24. The summed E-state index contributed by atoms with van der Waals surface area (Å²) in [6.07, 6.45) is -1.87. The average molecular weight is 293 g/mol. The van der Waals surface area contributed by atoms with Crippen molar-refractivity contribution in [3.63, 3.8) is 0 Å². The van der Waals surface area contributed by atoms with Gasteiger partial charge < -0.3 is 10.1 Å². The van der Waals surface area contributed by atoms with Crippen LogP contribution in [0.5, 0.6) is 0 Å². The molecule has 0 aromatic carbocycles. The van der Waals surface area contributed by atoms with Gasteiger partial charge in [-0.25, -0.2) is 14.2 Å². The second-order valence-corrected chi connectivity index (χ2v) is 5.96. The highest BCUT2D eigenvalue weighted by Crippen LogP contribution is 2.23. The van der Waals surface area contributed by atoms with E-state index in [1.807, 2.05) is 0 Å². The fraction of sp³-hybridized carbons (Fsp3) is 0.800. The normalized spacial score (nSPS) is 29.2. The van der Waals surface area contributed by atoms with Gasteiger partial charge in [0.2, 0.25) is 0 Å². The van der Waals surface area contributed by atoms with Crippen LogP contribution in [0.4, 0.5) is 9.18 Å². The first-order valence-electron chi connectivity index (χ1n) is 5.79. The fourth-order valence-electron chi connectivity index (χ4n) is 1.92. The minimum atomic E-state index is -1.12. The molecule has 0 bridgehead atoms. The molecule has 1 N–H and O–H groups in total. The molecule has 0 aromatic rings. The number of hydrogen-bond donors (Lipinski definition) is 1. The molecule has 18 heavy (non-hydrogen) atoms. The highest BCUT2D eigenvalue weighted by atomic mass is 32.2. The molecule has 0 aromatic heterocycles. The third-order valence-corrected chi connectivity index (χ3v) is 3.91. The molecule has 0 spiro atoms. The van der Waals surface area contributed by atoms with Gasteiger partial charge in [0.25, 0.3) is 0 Å². The Balaban J connectivity index is 1.90. The number of halogens is 1. The van der Waals surface area contributed by atoms with Gasteiger partial charge in [0.05, 0.1) is 18.1 Å². The van der Waals surface area contributed by atoms with Crippen LogP contribution in [0.3, 0.4) is 0 Å². The summed E-state index contributed by atoms with van der Waals surface area (Å²) >= 11 is 6.45. The van der Waals surface area contributed by atoms with Crippen molar-refractivity contribution in [3.05, 3.63) is 0 Å². The lowest BCUT2D eigenvalue weighted by atomic mass is 10.3. The standard InChI is InChI=1S/C10H16FN3O2S2/c1-7(17)12-4-8-5-14(10(15)16-8)13-2-3-18-6-9(13)11/h8-9H,2-6H2,1H3,(H,12,17). The summed E-state index contributed by atoms with van der Waals surface area (Å²) in [6, 6.07) is 0. The molecule has 2 unspecified atom stereocenters.